The van der Waals surface area contributed by atoms with E-state index in [4.69, 9.17) is 22.1 Å². The second-order valence-electron chi connectivity index (χ2n) is 5.84. The van der Waals surface area contributed by atoms with E-state index in [9.17, 15) is 9.59 Å². The standard InChI is InChI=1S/C19H20ClNO3/c1-10-7-11(2)18(13(4)22)12(3)16(10)9-24-17-6-5-14(20)8-15(17)19(21)23/h5-8H,9H2,1-4H3,(H2,21,23). The van der Waals surface area contributed by atoms with Crippen LogP contribution in [-0.4, -0.2) is 11.7 Å². The normalized spacial score (nSPS) is 10.5. The third-order valence-corrected chi connectivity index (χ3v) is 4.30. The highest BCUT2D eigenvalue weighted by atomic mass is 35.5. The Labute approximate surface area is 146 Å². The number of nitrogens with two attached hydrogens (primary N) is 1. The first-order chi connectivity index (χ1) is 11.2. The van der Waals surface area contributed by atoms with Crippen molar-refractivity contribution in [3.05, 3.63) is 62.7 Å². The molecular weight excluding hydrogens is 326 g/mol. The van der Waals surface area contributed by atoms with Gasteiger partial charge in [-0.15, -0.1) is 0 Å². The van der Waals surface area contributed by atoms with Crippen LogP contribution in [0, 0.1) is 20.8 Å². The van der Waals surface area contributed by atoms with Gasteiger partial charge in [0, 0.05) is 10.6 Å². The molecule has 2 aromatic rings. The number of hydrogen-bond donors (Lipinski definition) is 1. The van der Waals surface area contributed by atoms with Gasteiger partial charge in [0.2, 0.25) is 0 Å². The van der Waals surface area contributed by atoms with E-state index in [1.807, 2.05) is 26.8 Å². The van der Waals surface area contributed by atoms with Gasteiger partial charge in [0.15, 0.2) is 5.78 Å². The number of halogens is 1. The van der Waals surface area contributed by atoms with Gasteiger partial charge in [-0.25, -0.2) is 0 Å². The molecule has 0 heterocycles. The maximum Gasteiger partial charge on any atom is 0.252 e. The lowest BCUT2D eigenvalue weighted by Gasteiger charge is -2.17. The first-order valence-electron chi connectivity index (χ1n) is 7.55. The van der Waals surface area contributed by atoms with Crippen LogP contribution in [0.5, 0.6) is 5.75 Å². The lowest BCUT2D eigenvalue weighted by Crippen LogP contribution is -2.14. The lowest BCUT2D eigenvalue weighted by molar-refractivity contribution is 0.0993. The molecular formula is C19H20ClNO3. The molecule has 0 bridgehead atoms. The summed E-state index contributed by atoms with van der Waals surface area (Å²) in [4.78, 5) is 23.4. The summed E-state index contributed by atoms with van der Waals surface area (Å²) < 4.78 is 5.80. The van der Waals surface area contributed by atoms with E-state index in [0.717, 1.165) is 22.3 Å². The summed E-state index contributed by atoms with van der Waals surface area (Å²) in [5.41, 5.74) is 10.1. The fraction of sp³-hybridized carbons (Fsp3) is 0.263. The van der Waals surface area contributed by atoms with Gasteiger partial charge in [0.25, 0.3) is 5.91 Å². The van der Waals surface area contributed by atoms with Crippen molar-refractivity contribution >= 4 is 23.3 Å². The highest BCUT2D eigenvalue weighted by Gasteiger charge is 2.16. The number of hydrogen-bond acceptors (Lipinski definition) is 3. The molecule has 2 rings (SSSR count). The minimum atomic E-state index is -0.603. The number of aryl methyl sites for hydroxylation is 2. The van der Waals surface area contributed by atoms with Crippen LogP contribution in [0.25, 0.3) is 0 Å². The van der Waals surface area contributed by atoms with Crippen LogP contribution < -0.4 is 10.5 Å². The van der Waals surface area contributed by atoms with Crippen LogP contribution in [0.3, 0.4) is 0 Å². The first-order valence-corrected chi connectivity index (χ1v) is 7.93. The molecule has 0 radical (unpaired) electrons. The van der Waals surface area contributed by atoms with Gasteiger partial charge in [-0.1, -0.05) is 17.7 Å². The van der Waals surface area contributed by atoms with Crippen molar-refractivity contribution in [1.82, 2.24) is 0 Å². The van der Waals surface area contributed by atoms with Gasteiger partial charge in [0.1, 0.15) is 12.4 Å². The van der Waals surface area contributed by atoms with E-state index in [1.165, 1.54) is 6.07 Å². The molecule has 2 N–H and O–H groups in total. The van der Waals surface area contributed by atoms with Crippen molar-refractivity contribution in [1.29, 1.82) is 0 Å². The minimum Gasteiger partial charge on any atom is -0.488 e. The van der Waals surface area contributed by atoms with E-state index in [1.54, 1.807) is 19.1 Å². The minimum absolute atomic E-state index is 0.0237. The number of carbonyl (C=O) groups is 2. The van der Waals surface area contributed by atoms with Crippen LogP contribution in [0.1, 0.15) is 49.9 Å². The molecule has 24 heavy (non-hydrogen) atoms. The fourth-order valence-electron chi connectivity index (χ4n) is 2.96. The maximum absolute atomic E-state index is 11.9. The molecule has 126 valence electrons. The van der Waals surface area contributed by atoms with Crippen molar-refractivity contribution in [2.75, 3.05) is 0 Å². The number of Topliss-reactive ketones (excluding diaryl/α,β-unsaturated/α-hetero) is 1. The maximum atomic E-state index is 11.9. The number of benzene rings is 2. The Hall–Kier alpha value is -2.33. The number of carbonyl (C=O) groups excluding carboxylic acids is 2. The number of ketones is 1. The molecule has 0 aliphatic carbocycles. The largest absolute Gasteiger partial charge is 0.488 e. The van der Waals surface area contributed by atoms with Gasteiger partial charge in [0.05, 0.1) is 5.56 Å². The predicted octanol–water partition coefficient (Wildman–Crippen LogP) is 4.15. The summed E-state index contributed by atoms with van der Waals surface area (Å²) in [6.07, 6.45) is 0. The summed E-state index contributed by atoms with van der Waals surface area (Å²) in [6.45, 7) is 7.59. The number of rotatable bonds is 5. The van der Waals surface area contributed by atoms with Gasteiger partial charge in [-0.3, -0.25) is 9.59 Å². The zero-order chi connectivity index (χ0) is 18.0. The number of primary amides is 1. The van der Waals surface area contributed by atoms with Crippen LogP contribution in [0.4, 0.5) is 0 Å². The molecule has 0 aliphatic rings. The second-order valence-corrected chi connectivity index (χ2v) is 6.27. The Morgan fingerprint density at radius 1 is 1.12 bits per heavy atom. The Morgan fingerprint density at radius 2 is 1.79 bits per heavy atom. The van der Waals surface area contributed by atoms with Crippen LogP contribution >= 0.6 is 11.6 Å². The molecule has 0 fully saturated rings. The predicted molar refractivity (Wildman–Crippen MR) is 95.0 cm³/mol. The van der Waals surface area contributed by atoms with Gasteiger partial charge < -0.3 is 10.5 Å². The van der Waals surface area contributed by atoms with Crippen LogP contribution in [-0.2, 0) is 6.61 Å². The van der Waals surface area contributed by atoms with E-state index >= 15 is 0 Å². The van der Waals surface area contributed by atoms with Crippen molar-refractivity contribution < 1.29 is 14.3 Å². The molecule has 4 nitrogen and oxygen atoms in total. The van der Waals surface area contributed by atoms with Crippen molar-refractivity contribution in [3.63, 3.8) is 0 Å². The Morgan fingerprint density at radius 3 is 2.38 bits per heavy atom. The number of amides is 1. The Kier molecular flexibility index (Phi) is 5.30. The van der Waals surface area contributed by atoms with E-state index < -0.39 is 5.91 Å². The summed E-state index contributed by atoms with van der Waals surface area (Å²) in [6, 6.07) is 6.71. The second kappa shape index (κ2) is 7.05. The summed E-state index contributed by atoms with van der Waals surface area (Å²) in [5.74, 6) is -0.208. The SMILES string of the molecule is CC(=O)c1c(C)cc(C)c(COc2ccc(Cl)cc2C(N)=O)c1C. The first kappa shape index (κ1) is 18.0. The van der Waals surface area contributed by atoms with E-state index in [-0.39, 0.29) is 18.0 Å². The summed E-state index contributed by atoms with van der Waals surface area (Å²) >= 11 is 5.90. The van der Waals surface area contributed by atoms with Crippen molar-refractivity contribution in [2.24, 2.45) is 5.73 Å². The van der Waals surface area contributed by atoms with Crippen molar-refractivity contribution in [2.45, 2.75) is 34.3 Å². The molecule has 0 saturated carbocycles. The molecule has 2 aromatic carbocycles. The molecule has 0 unspecified atom stereocenters. The molecule has 5 heteroatoms. The van der Waals surface area contributed by atoms with Gasteiger partial charge in [-0.2, -0.15) is 0 Å². The molecule has 0 aromatic heterocycles. The zero-order valence-corrected chi connectivity index (χ0v) is 15.0. The monoisotopic (exact) mass is 345 g/mol. The average Bonchev–Trinajstić information content (AvgIpc) is 2.47. The number of ether oxygens (including phenoxy) is 1. The molecule has 0 saturated heterocycles. The topological polar surface area (TPSA) is 69.4 Å². The van der Waals surface area contributed by atoms with Crippen LogP contribution in [0.2, 0.25) is 5.02 Å². The van der Waals surface area contributed by atoms with E-state index in [2.05, 4.69) is 0 Å². The van der Waals surface area contributed by atoms with Gasteiger partial charge in [-0.05, 0) is 68.1 Å². The highest BCUT2D eigenvalue weighted by molar-refractivity contribution is 6.31. The van der Waals surface area contributed by atoms with Crippen LogP contribution in [0.15, 0.2) is 24.3 Å². The summed E-state index contributed by atoms with van der Waals surface area (Å²) in [5, 5.41) is 0.415. The molecule has 0 atom stereocenters. The quantitative estimate of drug-likeness (QED) is 0.828. The van der Waals surface area contributed by atoms with Crippen molar-refractivity contribution in [3.8, 4) is 5.75 Å². The average molecular weight is 346 g/mol. The van der Waals surface area contributed by atoms with E-state index in [0.29, 0.717) is 16.3 Å². The smallest absolute Gasteiger partial charge is 0.252 e. The van der Waals surface area contributed by atoms with Gasteiger partial charge >= 0.3 is 0 Å². The Balaban J connectivity index is 2.39. The fourth-order valence-corrected chi connectivity index (χ4v) is 3.13. The summed E-state index contributed by atoms with van der Waals surface area (Å²) in [7, 11) is 0. The Bertz CT molecular complexity index is 828. The third-order valence-electron chi connectivity index (χ3n) is 4.06. The molecule has 0 spiro atoms. The zero-order valence-electron chi connectivity index (χ0n) is 14.2. The lowest BCUT2D eigenvalue weighted by atomic mass is 9.92. The highest BCUT2D eigenvalue weighted by Crippen LogP contribution is 2.27. The molecule has 0 aliphatic heterocycles. The molecule has 1 amide bonds. The third kappa shape index (κ3) is 3.60.